The first kappa shape index (κ1) is 17.5. The lowest BCUT2D eigenvalue weighted by molar-refractivity contribution is -0.473. The Morgan fingerprint density at radius 2 is 2.00 bits per heavy atom. The predicted octanol–water partition coefficient (Wildman–Crippen LogP) is 4.04. The molecule has 1 heterocycles. The molecule has 21 heavy (non-hydrogen) atoms. The first-order chi connectivity index (χ1) is 9.89. The Labute approximate surface area is 129 Å². The number of hydrogen-bond donors (Lipinski definition) is 1. The van der Waals surface area contributed by atoms with Crippen LogP contribution in [0.25, 0.3) is 0 Å². The maximum atomic E-state index is 5.06. The van der Waals surface area contributed by atoms with Gasteiger partial charge in [0.1, 0.15) is 6.21 Å². The zero-order chi connectivity index (χ0) is 15.7. The largest absolute Gasteiger partial charge is 0.472 e. The van der Waals surface area contributed by atoms with Crippen LogP contribution < -0.4 is 4.99 Å². The molecule has 0 aliphatic carbocycles. The molecule has 1 rings (SSSR count). The van der Waals surface area contributed by atoms with Crippen molar-refractivity contribution in [3.05, 3.63) is 47.5 Å². The van der Waals surface area contributed by atoms with Gasteiger partial charge in [-0.05, 0) is 46.1 Å². The third-order valence-corrected chi connectivity index (χ3v) is 3.45. The fourth-order valence-corrected chi connectivity index (χ4v) is 2.03. The summed E-state index contributed by atoms with van der Waals surface area (Å²) >= 11 is 0. The average molecular weight is 288 g/mol. The second kappa shape index (κ2) is 8.66. The van der Waals surface area contributed by atoms with Gasteiger partial charge in [-0.3, -0.25) is 0 Å². The van der Waals surface area contributed by atoms with Crippen molar-refractivity contribution in [3.63, 3.8) is 0 Å². The van der Waals surface area contributed by atoms with E-state index >= 15 is 0 Å². The van der Waals surface area contributed by atoms with Crippen molar-refractivity contribution in [2.24, 2.45) is 5.41 Å². The molecule has 0 radical (unpaired) electrons. The molecule has 1 aromatic rings. The summed E-state index contributed by atoms with van der Waals surface area (Å²) in [6, 6.07) is 1.99. The van der Waals surface area contributed by atoms with Crippen molar-refractivity contribution >= 4 is 6.21 Å². The summed E-state index contributed by atoms with van der Waals surface area (Å²) in [7, 11) is 0. The van der Waals surface area contributed by atoms with E-state index in [4.69, 9.17) is 4.42 Å². The zero-order valence-electron chi connectivity index (χ0n) is 14.2. The van der Waals surface area contributed by atoms with E-state index in [1.165, 1.54) is 16.7 Å². The molecule has 2 heteroatoms. The highest BCUT2D eigenvalue weighted by Crippen LogP contribution is 2.19. The van der Waals surface area contributed by atoms with Gasteiger partial charge in [-0.15, -0.1) is 0 Å². The summed E-state index contributed by atoms with van der Waals surface area (Å²) in [6.45, 7) is 11.9. The molecule has 0 aromatic carbocycles. The summed E-state index contributed by atoms with van der Waals surface area (Å²) in [5.41, 5.74) is 4.21. The van der Waals surface area contributed by atoms with Crippen LogP contribution in [-0.4, -0.2) is 6.21 Å². The summed E-state index contributed by atoms with van der Waals surface area (Å²) in [4.78, 5) is 3.39. The van der Waals surface area contributed by atoms with Crippen LogP contribution in [0.4, 0.5) is 0 Å². The zero-order valence-corrected chi connectivity index (χ0v) is 14.2. The number of allylic oxidation sites excluding steroid dienone is 4. The lowest BCUT2D eigenvalue weighted by Crippen LogP contribution is -2.69. The number of hydrogen-bond acceptors (Lipinski definition) is 1. The Kier molecular flexibility index (Phi) is 7.21. The van der Waals surface area contributed by atoms with Gasteiger partial charge in [-0.1, -0.05) is 37.1 Å². The maximum absolute atomic E-state index is 5.06. The molecule has 0 fully saturated rings. The smallest absolute Gasteiger partial charge is 0.168 e. The molecule has 0 amide bonds. The van der Waals surface area contributed by atoms with E-state index in [1.54, 1.807) is 12.5 Å². The van der Waals surface area contributed by atoms with Crippen molar-refractivity contribution in [2.75, 3.05) is 0 Å². The van der Waals surface area contributed by atoms with E-state index in [0.717, 1.165) is 25.8 Å². The number of furan rings is 1. The monoisotopic (exact) mass is 288 g/mol. The Morgan fingerprint density at radius 1 is 1.24 bits per heavy atom. The van der Waals surface area contributed by atoms with Crippen LogP contribution in [-0.2, 0) is 6.54 Å². The summed E-state index contributed by atoms with van der Waals surface area (Å²) < 4.78 is 5.06. The van der Waals surface area contributed by atoms with Gasteiger partial charge < -0.3 is 4.42 Å². The van der Waals surface area contributed by atoms with Gasteiger partial charge in [0, 0.05) is 5.41 Å². The molecule has 0 aliphatic heterocycles. The summed E-state index contributed by atoms with van der Waals surface area (Å²) in [6.07, 6.45) is 13.7. The molecule has 1 aromatic heterocycles. The highest BCUT2D eigenvalue weighted by atomic mass is 16.3. The molecule has 116 valence electrons. The highest BCUT2D eigenvalue weighted by molar-refractivity contribution is 5.58. The van der Waals surface area contributed by atoms with E-state index in [0.29, 0.717) is 0 Å². The first-order valence-corrected chi connectivity index (χ1v) is 7.77. The van der Waals surface area contributed by atoms with Crippen LogP contribution in [0.1, 0.15) is 59.4 Å². The fourth-order valence-electron chi connectivity index (χ4n) is 2.03. The van der Waals surface area contributed by atoms with Gasteiger partial charge in [0.2, 0.25) is 0 Å². The maximum Gasteiger partial charge on any atom is 0.168 e. The van der Waals surface area contributed by atoms with Gasteiger partial charge in [0.05, 0.1) is 18.1 Å². The van der Waals surface area contributed by atoms with Gasteiger partial charge in [-0.25, -0.2) is 4.99 Å². The van der Waals surface area contributed by atoms with E-state index in [-0.39, 0.29) is 5.41 Å². The van der Waals surface area contributed by atoms with Crippen molar-refractivity contribution in [1.29, 1.82) is 0 Å². The van der Waals surface area contributed by atoms with E-state index < -0.39 is 0 Å². The third kappa shape index (κ3) is 8.34. The number of rotatable bonds is 8. The van der Waals surface area contributed by atoms with Gasteiger partial charge in [0.15, 0.2) is 6.54 Å². The van der Waals surface area contributed by atoms with Gasteiger partial charge >= 0.3 is 0 Å². The summed E-state index contributed by atoms with van der Waals surface area (Å²) in [5.74, 6) is 0. The molecular formula is C19H30NO+. The predicted molar refractivity (Wildman–Crippen MR) is 90.3 cm³/mol. The van der Waals surface area contributed by atoms with Crippen molar-refractivity contribution in [2.45, 2.75) is 60.4 Å². The van der Waals surface area contributed by atoms with Gasteiger partial charge in [-0.2, -0.15) is 0 Å². The number of nitrogens with one attached hydrogen (secondary N) is 1. The van der Waals surface area contributed by atoms with Crippen molar-refractivity contribution in [3.8, 4) is 0 Å². The average Bonchev–Trinajstić information content (AvgIpc) is 2.89. The van der Waals surface area contributed by atoms with Crippen molar-refractivity contribution in [1.82, 2.24) is 0 Å². The molecule has 0 unspecified atom stereocenters. The van der Waals surface area contributed by atoms with Crippen LogP contribution in [0.2, 0.25) is 0 Å². The van der Waals surface area contributed by atoms with Crippen LogP contribution in [0.15, 0.2) is 46.3 Å². The van der Waals surface area contributed by atoms with E-state index in [2.05, 4.69) is 58.0 Å². The molecular weight excluding hydrogens is 258 g/mol. The molecule has 0 spiro atoms. The standard InChI is InChI=1S/C19H29NO/c1-16(2)7-6-8-17(3)9-11-19(4,5)15-20-13-18-10-12-21-14-18/h7,9-10,12,14-15H,6,8,11,13H2,1-5H3/p+1/b17-9+,20-15?. The first-order valence-electron chi connectivity index (χ1n) is 7.77. The van der Waals surface area contributed by atoms with Crippen LogP contribution in [0.3, 0.4) is 0 Å². The second-order valence-electron chi connectivity index (χ2n) is 6.72. The minimum atomic E-state index is 0.154. The van der Waals surface area contributed by atoms with Crippen LogP contribution in [0.5, 0.6) is 0 Å². The Balaban J connectivity index is 2.40. The van der Waals surface area contributed by atoms with Crippen molar-refractivity contribution < 1.29 is 9.41 Å². The fraction of sp³-hybridized carbons (Fsp3) is 0.526. The van der Waals surface area contributed by atoms with Crippen LogP contribution in [0, 0.1) is 5.41 Å². The lowest BCUT2D eigenvalue weighted by atomic mass is 9.89. The Bertz CT molecular complexity index is 486. The highest BCUT2D eigenvalue weighted by Gasteiger charge is 2.16. The molecule has 0 saturated carbocycles. The lowest BCUT2D eigenvalue weighted by Gasteiger charge is -2.14. The second-order valence-corrected chi connectivity index (χ2v) is 6.72. The molecule has 2 nitrogen and oxygen atoms in total. The minimum Gasteiger partial charge on any atom is -0.472 e. The SMILES string of the molecule is CC(C)=CCC/C(C)=C/CC(C)(C)C=[NH+]Cc1ccoc1. The Hall–Kier alpha value is -1.57. The third-order valence-electron chi connectivity index (χ3n) is 3.45. The Morgan fingerprint density at radius 3 is 2.62 bits per heavy atom. The molecule has 0 bridgehead atoms. The van der Waals surface area contributed by atoms with E-state index in [9.17, 15) is 0 Å². The molecule has 0 atom stereocenters. The van der Waals surface area contributed by atoms with Crippen LogP contribution >= 0.6 is 0 Å². The normalized spacial score (nSPS) is 12.9. The quantitative estimate of drug-likeness (QED) is 0.567. The molecule has 0 aliphatic rings. The van der Waals surface area contributed by atoms with Gasteiger partial charge in [0.25, 0.3) is 0 Å². The minimum absolute atomic E-state index is 0.154. The topological polar surface area (TPSA) is 27.1 Å². The molecule has 1 N–H and O–H groups in total. The summed E-state index contributed by atoms with van der Waals surface area (Å²) in [5, 5.41) is 0. The molecule has 0 saturated heterocycles. The van der Waals surface area contributed by atoms with E-state index in [1.807, 2.05) is 6.07 Å².